The Kier molecular flexibility index (Phi) is 1.90. The van der Waals surface area contributed by atoms with Crippen LogP contribution >= 0.6 is 8.81 Å². The molecule has 0 bridgehead atoms. The zero-order valence-corrected chi connectivity index (χ0v) is 3.79. The average Bonchev–Trinajstić information content (AvgIpc) is 1.35. The first-order chi connectivity index (χ1) is 2.56. The van der Waals surface area contributed by atoms with Crippen molar-refractivity contribution in [2.75, 3.05) is 0 Å². The van der Waals surface area contributed by atoms with E-state index in [2.05, 4.69) is 0 Å². The van der Waals surface area contributed by atoms with Gasteiger partial charge in [-0.2, -0.15) is 0 Å². The minimum atomic E-state index is -2.88. The Hall–Kier alpha value is 0.270. The molecule has 0 aliphatic carbocycles. The first-order valence-corrected chi connectivity index (χ1v) is 2.09. The van der Waals surface area contributed by atoms with E-state index in [0.29, 0.717) is 0 Å². The van der Waals surface area contributed by atoms with Crippen LogP contribution in [0.1, 0.15) is 0 Å². The van der Waals surface area contributed by atoms with Crippen molar-refractivity contribution >= 4 is 8.81 Å². The van der Waals surface area contributed by atoms with Crippen molar-refractivity contribution < 1.29 is 20.2 Å². The van der Waals surface area contributed by atoms with E-state index >= 15 is 0 Å². The van der Waals surface area contributed by atoms with Gasteiger partial charge < -0.3 is 20.2 Å². The van der Waals surface area contributed by atoms with Gasteiger partial charge in [-0.15, -0.1) is 0 Å². The molecule has 0 heterocycles. The molecular weight excluding hydrogens is 107 g/mol. The van der Waals surface area contributed by atoms with Gasteiger partial charge in [0.25, 0.3) is 0 Å². The van der Waals surface area contributed by atoms with E-state index in [1.165, 1.54) is 0 Å². The maximum Gasteiger partial charge on any atom is 0.317 e. The monoisotopic (exact) mass is 112 g/mol. The van der Waals surface area contributed by atoms with Gasteiger partial charge in [0.1, 0.15) is 8.81 Å². The summed E-state index contributed by atoms with van der Waals surface area (Å²) >= 11 is 0. The molecular formula is CH5O4P. The lowest BCUT2D eigenvalue weighted by Crippen LogP contribution is -2.18. The van der Waals surface area contributed by atoms with Gasteiger partial charge in [0.05, 0.1) is 0 Å². The van der Waals surface area contributed by atoms with Crippen LogP contribution in [-0.2, 0) is 0 Å². The van der Waals surface area contributed by atoms with E-state index in [4.69, 9.17) is 20.2 Å². The van der Waals surface area contributed by atoms with Crippen LogP contribution in [-0.4, -0.2) is 25.9 Å². The molecule has 4 nitrogen and oxygen atoms in total. The molecule has 1 atom stereocenters. The Morgan fingerprint density at radius 1 is 1.17 bits per heavy atom. The van der Waals surface area contributed by atoms with Gasteiger partial charge in [0.2, 0.25) is 0 Å². The molecule has 0 aromatic carbocycles. The summed E-state index contributed by atoms with van der Waals surface area (Å²) < 4.78 is 0. The summed E-state index contributed by atoms with van der Waals surface area (Å²) in [6.07, 6.45) is 0. The first kappa shape index (κ1) is 6.27. The third-order valence-electron chi connectivity index (χ3n) is 0.150. The molecule has 0 radical (unpaired) electrons. The Morgan fingerprint density at radius 2 is 1.33 bits per heavy atom. The molecule has 0 saturated heterocycles. The van der Waals surface area contributed by atoms with Gasteiger partial charge in [0.15, 0.2) is 0 Å². The molecule has 5 heteroatoms. The highest BCUT2D eigenvalue weighted by atomic mass is 31.1. The summed E-state index contributed by atoms with van der Waals surface area (Å²) in [4.78, 5) is 7.68. The average molecular weight is 112 g/mol. The molecule has 0 aromatic heterocycles. The van der Waals surface area contributed by atoms with E-state index in [1.807, 2.05) is 0 Å². The zero-order valence-electron chi connectivity index (χ0n) is 2.79. The second-order valence-electron chi connectivity index (χ2n) is 0.747. The first-order valence-electron chi connectivity index (χ1n) is 1.14. The van der Waals surface area contributed by atoms with E-state index in [9.17, 15) is 0 Å². The molecule has 0 spiro atoms. The highest BCUT2D eigenvalue weighted by Crippen LogP contribution is 2.16. The molecule has 0 fully saturated rings. The van der Waals surface area contributed by atoms with Gasteiger partial charge in [-0.1, -0.05) is 0 Å². The molecule has 1 unspecified atom stereocenters. The molecule has 0 aromatic rings. The fourth-order valence-corrected chi connectivity index (χ4v) is 0. The van der Waals surface area contributed by atoms with Gasteiger partial charge in [-0.25, -0.2) is 0 Å². The van der Waals surface area contributed by atoms with Crippen molar-refractivity contribution in [3.63, 3.8) is 0 Å². The van der Waals surface area contributed by atoms with Gasteiger partial charge in [0, 0.05) is 0 Å². The predicted octanol–water partition coefficient (Wildman–Crippen LogP) is -1.84. The van der Waals surface area contributed by atoms with Crippen LogP contribution in [0.25, 0.3) is 0 Å². The third kappa shape index (κ3) is 4.27. The topological polar surface area (TPSA) is 80.9 Å². The summed E-state index contributed by atoms with van der Waals surface area (Å²) in [5, 5.41) is 23.1. The number of rotatable bonds is 1. The Balaban J connectivity index is 3.17. The second-order valence-corrected chi connectivity index (χ2v) is 1.64. The van der Waals surface area contributed by atoms with E-state index in [1.54, 1.807) is 0 Å². The molecule has 0 saturated carbocycles. The quantitative estimate of drug-likeness (QED) is 0.237. The maximum atomic E-state index is 7.70. The Morgan fingerprint density at radius 3 is 1.33 bits per heavy atom. The number of aliphatic hydroxyl groups is 3. The van der Waals surface area contributed by atoms with Gasteiger partial charge in [-0.3, -0.25) is 0 Å². The zero-order chi connectivity index (χ0) is 5.21. The van der Waals surface area contributed by atoms with Crippen LogP contribution < -0.4 is 0 Å². The normalized spacial score (nSPS) is 14.0. The number of hydrogen-bond acceptors (Lipinski definition) is 4. The summed E-state index contributed by atoms with van der Waals surface area (Å²) in [5.74, 6) is 0. The van der Waals surface area contributed by atoms with Gasteiger partial charge in [-0.05, 0) is 0 Å². The SMILES string of the molecule is OPC(O)(O)O. The largest absolute Gasteiger partial charge is 0.369 e. The molecule has 4 N–H and O–H groups in total. The third-order valence-corrected chi connectivity index (χ3v) is 0.450. The smallest absolute Gasteiger partial charge is 0.317 e. The summed E-state index contributed by atoms with van der Waals surface area (Å²) in [6.45, 7) is 0. The summed E-state index contributed by atoms with van der Waals surface area (Å²) in [6, 6.07) is 0. The lowest BCUT2D eigenvalue weighted by Gasteiger charge is -2.06. The van der Waals surface area contributed by atoms with Crippen LogP contribution in [0, 0.1) is 0 Å². The molecule has 38 valence electrons. The van der Waals surface area contributed by atoms with E-state index in [-0.39, 0.29) is 0 Å². The molecule has 0 amide bonds. The van der Waals surface area contributed by atoms with E-state index in [0.717, 1.165) is 0 Å². The van der Waals surface area contributed by atoms with Gasteiger partial charge >= 0.3 is 5.71 Å². The van der Waals surface area contributed by atoms with Crippen molar-refractivity contribution in [3.8, 4) is 0 Å². The Bertz CT molecular complexity index is 37.3. The van der Waals surface area contributed by atoms with Crippen molar-refractivity contribution in [1.82, 2.24) is 0 Å². The van der Waals surface area contributed by atoms with E-state index < -0.39 is 14.5 Å². The second kappa shape index (κ2) is 1.82. The molecule has 0 aliphatic heterocycles. The summed E-state index contributed by atoms with van der Waals surface area (Å²) in [5.41, 5.74) is -2.88. The molecule has 0 aliphatic rings. The predicted molar refractivity (Wildman–Crippen MR) is 19.9 cm³/mol. The maximum absolute atomic E-state index is 7.70. The minimum Gasteiger partial charge on any atom is -0.369 e. The lowest BCUT2D eigenvalue weighted by molar-refractivity contribution is -0.241. The summed E-state index contributed by atoms with van der Waals surface area (Å²) in [7, 11) is -1.27. The standard InChI is InChI=1S/CH5O4P/c2-1(3,4)6-5/h2-6H. The van der Waals surface area contributed by atoms with Crippen LogP contribution in [0.3, 0.4) is 0 Å². The minimum absolute atomic E-state index is 1.27. The van der Waals surface area contributed by atoms with Crippen LogP contribution in [0.2, 0.25) is 0 Å². The molecule has 6 heavy (non-hydrogen) atoms. The molecule has 0 rings (SSSR count). The fraction of sp³-hybridized carbons (Fsp3) is 1.00. The van der Waals surface area contributed by atoms with Crippen molar-refractivity contribution in [1.29, 1.82) is 0 Å². The van der Waals surface area contributed by atoms with Crippen molar-refractivity contribution in [3.05, 3.63) is 0 Å². The highest BCUT2D eigenvalue weighted by molar-refractivity contribution is 7.32. The fourth-order valence-electron chi connectivity index (χ4n) is 0. The van der Waals surface area contributed by atoms with Crippen molar-refractivity contribution in [2.24, 2.45) is 0 Å². The number of hydrogen-bond donors (Lipinski definition) is 4. The Labute approximate surface area is 35.9 Å². The highest BCUT2D eigenvalue weighted by Gasteiger charge is 2.14. The lowest BCUT2D eigenvalue weighted by atomic mass is 11.3. The van der Waals surface area contributed by atoms with Crippen LogP contribution in [0.15, 0.2) is 0 Å². The van der Waals surface area contributed by atoms with Crippen molar-refractivity contribution in [2.45, 2.75) is 5.71 Å². The van der Waals surface area contributed by atoms with Crippen LogP contribution in [0.4, 0.5) is 0 Å². The van der Waals surface area contributed by atoms with Crippen LogP contribution in [0.5, 0.6) is 0 Å².